The van der Waals surface area contributed by atoms with Gasteiger partial charge in [-0.3, -0.25) is 4.79 Å². The molecule has 0 spiro atoms. The Kier molecular flexibility index (Phi) is 4.77. The molecule has 0 aliphatic heterocycles. The molecule has 1 aromatic heterocycles. The molecule has 1 amide bonds. The Morgan fingerprint density at radius 2 is 2.05 bits per heavy atom. The fourth-order valence-corrected chi connectivity index (χ4v) is 2.49. The van der Waals surface area contributed by atoms with Gasteiger partial charge < -0.3 is 9.88 Å². The molecule has 0 fully saturated rings. The lowest BCUT2D eigenvalue weighted by atomic mass is 10.2. The Balaban J connectivity index is 2.32. The number of amides is 1. The summed E-state index contributed by atoms with van der Waals surface area (Å²) in [6, 6.07) is 8.07. The molecule has 4 nitrogen and oxygen atoms in total. The Morgan fingerprint density at radius 1 is 1.30 bits per heavy atom. The molecule has 0 aliphatic rings. The number of fused-ring (bicyclic) bond motifs is 1. The van der Waals surface area contributed by atoms with Crippen molar-refractivity contribution in [3.8, 4) is 0 Å². The minimum atomic E-state index is -0.0620. The fraction of sp³-hybridized carbons (Fsp3) is 0.500. The number of imidazole rings is 1. The first-order valence-corrected chi connectivity index (χ1v) is 7.41. The normalized spacial score (nSPS) is 12.6. The third-order valence-corrected chi connectivity index (χ3v) is 3.37. The van der Waals surface area contributed by atoms with E-state index in [2.05, 4.69) is 22.9 Å². The molecule has 0 unspecified atom stereocenters. The van der Waals surface area contributed by atoms with Gasteiger partial charge in [0.05, 0.1) is 17.1 Å². The summed E-state index contributed by atoms with van der Waals surface area (Å²) in [6.45, 7) is 7.08. The van der Waals surface area contributed by atoms with Gasteiger partial charge in [0, 0.05) is 13.0 Å². The highest BCUT2D eigenvalue weighted by Gasteiger charge is 2.17. The number of aromatic nitrogens is 2. The van der Waals surface area contributed by atoms with Crippen molar-refractivity contribution in [3.63, 3.8) is 0 Å². The van der Waals surface area contributed by atoms with Crippen LogP contribution in [-0.4, -0.2) is 15.5 Å². The van der Waals surface area contributed by atoms with Crippen LogP contribution < -0.4 is 5.32 Å². The Labute approximate surface area is 120 Å². The predicted octanol–water partition coefficient (Wildman–Crippen LogP) is 3.42. The van der Waals surface area contributed by atoms with E-state index in [-0.39, 0.29) is 11.9 Å². The van der Waals surface area contributed by atoms with Crippen LogP contribution in [0.1, 0.15) is 51.9 Å². The summed E-state index contributed by atoms with van der Waals surface area (Å²) < 4.78 is 2.21. The fourth-order valence-electron chi connectivity index (χ4n) is 2.49. The van der Waals surface area contributed by atoms with Crippen LogP contribution in [0.15, 0.2) is 24.3 Å². The number of hydrogen-bond acceptors (Lipinski definition) is 2. The van der Waals surface area contributed by atoms with E-state index in [4.69, 9.17) is 4.98 Å². The van der Waals surface area contributed by atoms with Crippen LogP contribution in [0, 0.1) is 0 Å². The maximum atomic E-state index is 11.8. The standard InChI is InChI=1S/C16H23N3O/c1-4-8-15(20)17-12(3)16-18-13-9-6-7-10-14(13)19(16)11-5-2/h6-7,9-10,12H,4-5,8,11H2,1-3H3,(H,17,20)/t12-/m1/s1. The van der Waals surface area contributed by atoms with Crippen LogP contribution >= 0.6 is 0 Å². The van der Waals surface area contributed by atoms with Gasteiger partial charge in [0.1, 0.15) is 5.82 Å². The molecule has 0 saturated heterocycles. The molecule has 0 saturated carbocycles. The molecule has 1 heterocycles. The molecular formula is C16H23N3O. The molecule has 108 valence electrons. The number of nitrogens with one attached hydrogen (secondary N) is 1. The Bertz CT molecular complexity index is 588. The molecule has 20 heavy (non-hydrogen) atoms. The van der Waals surface area contributed by atoms with Gasteiger partial charge in [-0.05, 0) is 31.9 Å². The highest BCUT2D eigenvalue weighted by atomic mass is 16.1. The van der Waals surface area contributed by atoms with Crippen LogP contribution in [0.4, 0.5) is 0 Å². The third kappa shape index (κ3) is 3.00. The zero-order valence-electron chi connectivity index (χ0n) is 12.5. The summed E-state index contributed by atoms with van der Waals surface area (Å²) in [5.74, 6) is 1.03. The lowest BCUT2D eigenvalue weighted by Crippen LogP contribution is -2.28. The molecule has 1 N–H and O–H groups in total. The van der Waals surface area contributed by atoms with Crippen molar-refractivity contribution in [1.82, 2.24) is 14.9 Å². The summed E-state index contributed by atoms with van der Waals surface area (Å²) in [5, 5.41) is 3.03. The van der Waals surface area contributed by atoms with Crippen molar-refractivity contribution >= 4 is 16.9 Å². The minimum absolute atomic E-state index is 0.0620. The zero-order valence-corrected chi connectivity index (χ0v) is 12.5. The van der Waals surface area contributed by atoms with Gasteiger partial charge >= 0.3 is 0 Å². The van der Waals surface area contributed by atoms with Crippen molar-refractivity contribution < 1.29 is 4.79 Å². The number of carbonyl (C=O) groups excluding carboxylic acids is 1. The zero-order chi connectivity index (χ0) is 14.5. The molecule has 0 radical (unpaired) electrons. The maximum Gasteiger partial charge on any atom is 0.220 e. The van der Waals surface area contributed by atoms with Crippen molar-refractivity contribution in [3.05, 3.63) is 30.1 Å². The summed E-state index contributed by atoms with van der Waals surface area (Å²) in [6.07, 6.45) is 2.48. The maximum absolute atomic E-state index is 11.8. The van der Waals surface area contributed by atoms with Gasteiger partial charge in [0.2, 0.25) is 5.91 Å². The largest absolute Gasteiger partial charge is 0.346 e. The van der Waals surface area contributed by atoms with Crippen LogP contribution in [0.2, 0.25) is 0 Å². The molecule has 0 aliphatic carbocycles. The lowest BCUT2D eigenvalue weighted by molar-refractivity contribution is -0.121. The molecule has 2 rings (SSSR count). The predicted molar refractivity (Wildman–Crippen MR) is 81.5 cm³/mol. The molecule has 1 atom stereocenters. The van der Waals surface area contributed by atoms with Crippen LogP contribution in [0.5, 0.6) is 0 Å². The van der Waals surface area contributed by atoms with Crippen molar-refractivity contribution in [2.45, 2.75) is 52.6 Å². The molecule has 1 aromatic carbocycles. The summed E-state index contributed by atoms with van der Waals surface area (Å²) >= 11 is 0. The minimum Gasteiger partial charge on any atom is -0.346 e. The number of nitrogens with zero attached hydrogens (tertiary/aromatic N) is 2. The molecule has 4 heteroatoms. The average molecular weight is 273 g/mol. The summed E-state index contributed by atoms with van der Waals surface area (Å²) in [7, 11) is 0. The number of carbonyl (C=O) groups is 1. The third-order valence-electron chi connectivity index (χ3n) is 3.37. The first-order valence-electron chi connectivity index (χ1n) is 7.41. The van der Waals surface area contributed by atoms with Gasteiger partial charge in [-0.2, -0.15) is 0 Å². The van der Waals surface area contributed by atoms with Gasteiger partial charge in [-0.1, -0.05) is 26.0 Å². The second-order valence-corrected chi connectivity index (χ2v) is 5.15. The smallest absolute Gasteiger partial charge is 0.220 e. The second-order valence-electron chi connectivity index (χ2n) is 5.15. The van der Waals surface area contributed by atoms with Gasteiger partial charge in [-0.15, -0.1) is 0 Å². The number of para-hydroxylation sites is 2. The van der Waals surface area contributed by atoms with Crippen LogP contribution in [0.25, 0.3) is 11.0 Å². The number of aryl methyl sites for hydroxylation is 1. The van der Waals surface area contributed by atoms with Crippen LogP contribution in [-0.2, 0) is 11.3 Å². The summed E-state index contributed by atoms with van der Waals surface area (Å²) in [4.78, 5) is 16.5. The Hall–Kier alpha value is -1.84. The van der Waals surface area contributed by atoms with E-state index in [9.17, 15) is 4.79 Å². The van der Waals surface area contributed by atoms with Crippen molar-refractivity contribution in [2.75, 3.05) is 0 Å². The van der Waals surface area contributed by atoms with E-state index < -0.39 is 0 Å². The highest BCUT2D eigenvalue weighted by molar-refractivity contribution is 5.78. The number of hydrogen-bond donors (Lipinski definition) is 1. The highest BCUT2D eigenvalue weighted by Crippen LogP contribution is 2.21. The number of rotatable bonds is 6. The van der Waals surface area contributed by atoms with Gasteiger partial charge in [0.25, 0.3) is 0 Å². The van der Waals surface area contributed by atoms with E-state index in [1.165, 1.54) is 0 Å². The average Bonchev–Trinajstić information content (AvgIpc) is 2.79. The summed E-state index contributed by atoms with van der Waals surface area (Å²) in [5.41, 5.74) is 2.13. The quantitative estimate of drug-likeness (QED) is 0.876. The van der Waals surface area contributed by atoms with E-state index in [1.807, 2.05) is 32.0 Å². The van der Waals surface area contributed by atoms with Crippen molar-refractivity contribution in [2.24, 2.45) is 0 Å². The van der Waals surface area contributed by atoms with E-state index in [0.29, 0.717) is 6.42 Å². The van der Waals surface area contributed by atoms with E-state index in [0.717, 1.165) is 36.2 Å². The monoisotopic (exact) mass is 273 g/mol. The number of benzene rings is 1. The lowest BCUT2D eigenvalue weighted by Gasteiger charge is -2.15. The van der Waals surface area contributed by atoms with Crippen molar-refractivity contribution in [1.29, 1.82) is 0 Å². The first-order chi connectivity index (χ1) is 9.67. The molecule has 2 aromatic rings. The topological polar surface area (TPSA) is 46.9 Å². The van der Waals surface area contributed by atoms with E-state index in [1.54, 1.807) is 0 Å². The van der Waals surface area contributed by atoms with Gasteiger partial charge in [-0.25, -0.2) is 4.98 Å². The molecule has 0 bridgehead atoms. The second kappa shape index (κ2) is 6.55. The van der Waals surface area contributed by atoms with Gasteiger partial charge in [0.15, 0.2) is 0 Å². The SMILES string of the molecule is CCCC(=O)N[C@H](C)c1nc2ccccc2n1CCC. The first kappa shape index (κ1) is 14.6. The Morgan fingerprint density at radius 3 is 2.75 bits per heavy atom. The van der Waals surface area contributed by atoms with Crippen LogP contribution in [0.3, 0.4) is 0 Å². The molecular weight excluding hydrogens is 250 g/mol. The van der Waals surface area contributed by atoms with E-state index >= 15 is 0 Å².